The highest BCUT2D eigenvalue weighted by atomic mass is 16.7. The third-order valence-electron chi connectivity index (χ3n) is 5.11. The van der Waals surface area contributed by atoms with Gasteiger partial charge in [-0.1, -0.05) is 0 Å². The Hall–Kier alpha value is -1.66. The average molecular weight is 318 g/mol. The minimum absolute atomic E-state index is 0.147. The first-order valence-corrected chi connectivity index (χ1v) is 8.39. The van der Waals surface area contributed by atoms with Crippen LogP contribution >= 0.6 is 0 Å². The van der Waals surface area contributed by atoms with E-state index in [4.69, 9.17) is 9.47 Å². The SMILES string of the molecule is Cc1ccn(C2CC2)c(=O)c1C(=O)N1CCC2(CC1)OCCO2. The van der Waals surface area contributed by atoms with Crippen LogP contribution < -0.4 is 5.56 Å². The summed E-state index contributed by atoms with van der Waals surface area (Å²) in [7, 11) is 0. The van der Waals surface area contributed by atoms with E-state index in [0.717, 1.165) is 18.4 Å². The van der Waals surface area contributed by atoms with Gasteiger partial charge in [0.1, 0.15) is 5.56 Å². The number of carbonyl (C=O) groups is 1. The topological polar surface area (TPSA) is 60.8 Å². The molecular weight excluding hydrogens is 296 g/mol. The molecule has 0 radical (unpaired) electrons. The molecular formula is C17H22N2O4. The molecule has 1 saturated carbocycles. The van der Waals surface area contributed by atoms with Crippen LogP contribution in [-0.4, -0.2) is 47.5 Å². The van der Waals surface area contributed by atoms with Crippen LogP contribution in [0.25, 0.3) is 0 Å². The minimum Gasteiger partial charge on any atom is -0.347 e. The molecule has 1 amide bonds. The van der Waals surface area contributed by atoms with Crippen molar-refractivity contribution in [1.29, 1.82) is 0 Å². The molecule has 0 unspecified atom stereocenters. The van der Waals surface area contributed by atoms with Gasteiger partial charge in [0.05, 0.1) is 13.2 Å². The molecule has 0 bridgehead atoms. The van der Waals surface area contributed by atoms with E-state index in [1.165, 1.54) is 0 Å². The Morgan fingerprint density at radius 3 is 2.48 bits per heavy atom. The first kappa shape index (κ1) is 14.9. The van der Waals surface area contributed by atoms with Gasteiger partial charge in [0.2, 0.25) is 0 Å². The number of ether oxygens (including phenoxy) is 2. The molecule has 2 saturated heterocycles. The second kappa shape index (κ2) is 5.46. The molecule has 1 aromatic heterocycles. The molecule has 3 fully saturated rings. The zero-order valence-electron chi connectivity index (χ0n) is 13.4. The van der Waals surface area contributed by atoms with Gasteiger partial charge in [0, 0.05) is 38.2 Å². The Labute approximate surface area is 135 Å². The van der Waals surface area contributed by atoms with Gasteiger partial charge < -0.3 is 18.9 Å². The standard InChI is InChI=1S/C17H22N2O4/c1-12-4-7-19(13-2-3-13)16(21)14(12)15(20)18-8-5-17(6-9-18)22-10-11-23-17/h4,7,13H,2-3,5-6,8-11H2,1H3. The quantitative estimate of drug-likeness (QED) is 0.828. The van der Waals surface area contributed by atoms with Crippen molar-refractivity contribution in [3.63, 3.8) is 0 Å². The maximum absolute atomic E-state index is 12.9. The summed E-state index contributed by atoms with van der Waals surface area (Å²) in [5.41, 5.74) is 0.931. The van der Waals surface area contributed by atoms with Crippen LogP contribution in [0.5, 0.6) is 0 Å². The van der Waals surface area contributed by atoms with Crippen molar-refractivity contribution in [3.8, 4) is 0 Å². The molecule has 2 aliphatic heterocycles. The summed E-state index contributed by atoms with van der Waals surface area (Å²) in [5, 5.41) is 0. The van der Waals surface area contributed by atoms with Gasteiger partial charge in [0.25, 0.3) is 11.5 Å². The molecule has 3 heterocycles. The van der Waals surface area contributed by atoms with Crippen LogP contribution in [0.15, 0.2) is 17.1 Å². The van der Waals surface area contributed by atoms with Gasteiger partial charge in [-0.25, -0.2) is 0 Å². The van der Waals surface area contributed by atoms with Crippen LogP contribution in [0.1, 0.15) is 47.6 Å². The van der Waals surface area contributed by atoms with E-state index >= 15 is 0 Å². The first-order valence-electron chi connectivity index (χ1n) is 8.39. The number of aryl methyl sites for hydroxylation is 1. The normalized spacial score (nSPS) is 23.4. The van der Waals surface area contributed by atoms with Gasteiger partial charge >= 0.3 is 0 Å². The Morgan fingerprint density at radius 2 is 1.87 bits per heavy atom. The lowest BCUT2D eigenvalue weighted by atomic mass is 10.0. The highest BCUT2D eigenvalue weighted by Crippen LogP contribution is 2.34. The zero-order chi connectivity index (χ0) is 16.0. The van der Waals surface area contributed by atoms with Crippen LogP contribution in [0.3, 0.4) is 0 Å². The third kappa shape index (κ3) is 2.60. The van der Waals surface area contributed by atoms with Gasteiger partial charge in [-0.2, -0.15) is 0 Å². The number of hydrogen-bond acceptors (Lipinski definition) is 4. The van der Waals surface area contributed by atoms with Crippen molar-refractivity contribution < 1.29 is 14.3 Å². The fourth-order valence-electron chi connectivity index (χ4n) is 3.54. The van der Waals surface area contributed by atoms with Crippen molar-refractivity contribution >= 4 is 5.91 Å². The van der Waals surface area contributed by atoms with E-state index in [1.807, 2.05) is 19.2 Å². The predicted octanol–water partition coefficient (Wildman–Crippen LogP) is 1.47. The molecule has 1 aromatic rings. The first-order chi connectivity index (χ1) is 11.1. The molecule has 3 aliphatic rings. The fraction of sp³-hybridized carbons (Fsp3) is 0.647. The maximum atomic E-state index is 12.9. The number of aromatic nitrogens is 1. The number of likely N-dealkylation sites (tertiary alicyclic amines) is 1. The summed E-state index contributed by atoms with van der Waals surface area (Å²) in [4.78, 5) is 27.3. The fourth-order valence-corrected chi connectivity index (χ4v) is 3.54. The molecule has 0 N–H and O–H groups in total. The van der Waals surface area contributed by atoms with Crippen LogP contribution in [0.4, 0.5) is 0 Å². The highest BCUT2D eigenvalue weighted by molar-refractivity contribution is 5.95. The number of amides is 1. The molecule has 1 aliphatic carbocycles. The van der Waals surface area contributed by atoms with Crippen molar-refractivity contribution in [2.24, 2.45) is 0 Å². The lowest BCUT2D eigenvalue weighted by molar-refractivity contribution is -0.181. The molecule has 0 aromatic carbocycles. The Morgan fingerprint density at radius 1 is 1.22 bits per heavy atom. The van der Waals surface area contributed by atoms with E-state index < -0.39 is 5.79 Å². The van der Waals surface area contributed by atoms with E-state index in [9.17, 15) is 9.59 Å². The van der Waals surface area contributed by atoms with Crippen LogP contribution in [0.2, 0.25) is 0 Å². The van der Waals surface area contributed by atoms with Gasteiger partial charge in [-0.3, -0.25) is 9.59 Å². The summed E-state index contributed by atoms with van der Waals surface area (Å²) in [6.45, 7) is 4.21. The Kier molecular flexibility index (Phi) is 3.54. The number of piperidine rings is 1. The van der Waals surface area contributed by atoms with Crippen molar-refractivity contribution in [3.05, 3.63) is 33.7 Å². The Balaban J connectivity index is 1.55. The lowest BCUT2D eigenvalue weighted by Crippen LogP contribution is -2.48. The van der Waals surface area contributed by atoms with Gasteiger partial charge in [-0.05, 0) is 31.4 Å². The molecule has 6 nitrogen and oxygen atoms in total. The van der Waals surface area contributed by atoms with E-state index in [2.05, 4.69) is 0 Å². The lowest BCUT2D eigenvalue weighted by Gasteiger charge is -2.37. The van der Waals surface area contributed by atoms with Crippen molar-refractivity contribution in [2.45, 2.75) is 44.4 Å². The Bertz CT molecular complexity index is 676. The monoisotopic (exact) mass is 318 g/mol. The molecule has 1 spiro atoms. The maximum Gasteiger partial charge on any atom is 0.263 e. The van der Waals surface area contributed by atoms with Crippen LogP contribution in [-0.2, 0) is 9.47 Å². The number of nitrogens with zero attached hydrogens (tertiary/aromatic N) is 2. The summed E-state index contributed by atoms with van der Waals surface area (Å²) in [5.74, 6) is -0.660. The molecule has 124 valence electrons. The highest BCUT2D eigenvalue weighted by Gasteiger charge is 2.41. The second-order valence-electron chi connectivity index (χ2n) is 6.72. The van der Waals surface area contributed by atoms with Gasteiger partial charge in [-0.15, -0.1) is 0 Å². The van der Waals surface area contributed by atoms with Crippen molar-refractivity contribution in [1.82, 2.24) is 9.47 Å². The van der Waals surface area contributed by atoms with Gasteiger partial charge in [0.15, 0.2) is 5.79 Å². The average Bonchev–Trinajstić information content (AvgIpc) is 3.29. The number of carbonyl (C=O) groups excluding carboxylic acids is 1. The summed E-state index contributed by atoms with van der Waals surface area (Å²) >= 11 is 0. The summed E-state index contributed by atoms with van der Waals surface area (Å²) in [6.07, 6.45) is 5.20. The zero-order valence-corrected chi connectivity index (χ0v) is 13.4. The largest absolute Gasteiger partial charge is 0.347 e. The number of hydrogen-bond donors (Lipinski definition) is 0. The van der Waals surface area contributed by atoms with E-state index in [0.29, 0.717) is 44.7 Å². The van der Waals surface area contributed by atoms with E-state index in [1.54, 1.807) is 9.47 Å². The smallest absolute Gasteiger partial charge is 0.263 e. The van der Waals surface area contributed by atoms with Crippen LogP contribution in [0, 0.1) is 6.92 Å². The minimum atomic E-state index is -0.503. The second-order valence-corrected chi connectivity index (χ2v) is 6.72. The van der Waals surface area contributed by atoms with Crippen molar-refractivity contribution in [2.75, 3.05) is 26.3 Å². The number of rotatable bonds is 2. The molecule has 4 rings (SSSR count). The number of pyridine rings is 1. The molecule has 23 heavy (non-hydrogen) atoms. The third-order valence-corrected chi connectivity index (χ3v) is 5.11. The summed E-state index contributed by atoms with van der Waals surface area (Å²) in [6, 6.07) is 2.15. The van der Waals surface area contributed by atoms with E-state index in [-0.39, 0.29) is 17.5 Å². The summed E-state index contributed by atoms with van der Waals surface area (Å²) < 4.78 is 13.1. The predicted molar refractivity (Wildman–Crippen MR) is 83.5 cm³/mol. The molecule has 0 atom stereocenters. The molecule has 6 heteroatoms.